The third-order valence-electron chi connectivity index (χ3n) is 8.02. The molecular weight excluding hydrogens is 492 g/mol. The van der Waals surface area contributed by atoms with E-state index in [1.54, 1.807) is 41.0 Å². The number of benzene rings is 1. The van der Waals surface area contributed by atoms with Crippen LogP contribution in [0.4, 0.5) is 5.69 Å². The normalized spacial score (nSPS) is 19.0. The fourth-order valence-corrected chi connectivity index (χ4v) is 5.84. The van der Waals surface area contributed by atoms with E-state index in [-0.39, 0.29) is 30.2 Å². The molecule has 10 heteroatoms. The van der Waals surface area contributed by atoms with E-state index >= 15 is 0 Å². The van der Waals surface area contributed by atoms with Gasteiger partial charge in [0.15, 0.2) is 0 Å². The number of rotatable bonds is 9. The number of methoxy groups -OCH3 is 1. The molecule has 0 radical (unpaired) electrons. The maximum atomic E-state index is 13.3. The van der Waals surface area contributed by atoms with Crippen LogP contribution in [-0.4, -0.2) is 68.1 Å². The Hall–Kier alpha value is -3.81. The lowest BCUT2D eigenvalue weighted by atomic mass is 9.96. The third-order valence-corrected chi connectivity index (χ3v) is 8.02. The lowest BCUT2D eigenvalue weighted by Crippen LogP contribution is -2.58. The summed E-state index contributed by atoms with van der Waals surface area (Å²) in [6, 6.07) is 10.9. The summed E-state index contributed by atoms with van der Waals surface area (Å²) in [5.74, 6) is 0. The number of fused-ring (bicyclic) bond motifs is 2. The highest BCUT2D eigenvalue weighted by Crippen LogP contribution is 2.35. The maximum absolute atomic E-state index is 13.3. The Balaban J connectivity index is 1.51. The second kappa shape index (κ2) is 11.5. The van der Waals surface area contributed by atoms with E-state index in [2.05, 4.69) is 64.8 Å². The molecule has 1 unspecified atom stereocenters. The van der Waals surface area contributed by atoms with Crippen molar-refractivity contribution in [2.75, 3.05) is 31.7 Å². The SMILES string of the molecule is CC[C@H]1CN(C(C)c2ccc3nccnc3c2)[C@H](CC)CN1c1cc(=O)n(CCOC)c2cn(CC#N)nc12. The Bertz CT molecular complexity index is 1550. The molecule has 204 valence electrons. The van der Waals surface area contributed by atoms with Crippen LogP contribution < -0.4 is 10.5 Å². The van der Waals surface area contributed by atoms with Gasteiger partial charge in [-0.15, -0.1) is 0 Å². The van der Waals surface area contributed by atoms with Gasteiger partial charge >= 0.3 is 0 Å². The van der Waals surface area contributed by atoms with E-state index in [1.807, 2.05) is 0 Å². The van der Waals surface area contributed by atoms with Crippen LogP contribution in [0.2, 0.25) is 0 Å². The van der Waals surface area contributed by atoms with Crippen LogP contribution in [0.1, 0.15) is 45.2 Å². The van der Waals surface area contributed by atoms with Crippen LogP contribution in [-0.2, 0) is 17.8 Å². The van der Waals surface area contributed by atoms with Crippen molar-refractivity contribution in [3.05, 3.63) is 58.8 Å². The van der Waals surface area contributed by atoms with Crippen LogP contribution in [0.25, 0.3) is 22.1 Å². The van der Waals surface area contributed by atoms with Crippen LogP contribution >= 0.6 is 0 Å². The summed E-state index contributed by atoms with van der Waals surface area (Å²) in [7, 11) is 1.62. The van der Waals surface area contributed by atoms with E-state index in [9.17, 15) is 10.1 Å². The van der Waals surface area contributed by atoms with Gasteiger partial charge in [0.1, 0.15) is 12.1 Å². The van der Waals surface area contributed by atoms with Gasteiger partial charge in [-0.25, -0.2) is 0 Å². The Morgan fingerprint density at radius 3 is 2.59 bits per heavy atom. The van der Waals surface area contributed by atoms with E-state index in [0.29, 0.717) is 13.2 Å². The van der Waals surface area contributed by atoms with Crippen molar-refractivity contribution in [3.63, 3.8) is 0 Å². The molecule has 0 N–H and O–H groups in total. The molecule has 1 aliphatic heterocycles. The fraction of sp³-hybridized carbons (Fsp3) is 0.483. The molecule has 3 aromatic heterocycles. The summed E-state index contributed by atoms with van der Waals surface area (Å²) in [6.45, 7) is 9.32. The summed E-state index contributed by atoms with van der Waals surface area (Å²) in [5, 5.41) is 14.0. The number of hydrogen-bond acceptors (Lipinski definition) is 8. The number of piperazine rings is 1. The minimum atomic E-state index is -0.0815. The van der Waals surface area contributed by atoms with Gasteiger partial charge in [-0.2, -0.15) is 10.4 Å². The molecular formula is C29H36N8O2. The van der Waals surface area contributed by atoms with Crippen molar-refractivity contribution >= 4 is 27.8 Å². The lowest BCUT2D eigenvalue weighted by molar-refractivity contribution is 0.101. The lowest BCUT2D eigenvalue weighted by Gasteiger charge is -2.49. The summed E-state index contributed by atoms with van der Waals surface area (Å²) in [6.07, 6.45) is 7.16. The first-order valence-electron chi connectivity index (χ1n) is 13.7. The fourth-order valence-electron chi connectivity index (χ4n) is 5.84. The molecule has 0 bridgehead atoms. The third kappa shape index (κ3) is 5.12. The first kappa shape index (κ1) is 26.8. The summed E-state index contributed by atoms with van der Waals surface area (Å²) in [5.41, 5.74) is 5.29. The van der Waals surface area contributed by atoms with Crippen molar-refractivity contribution in [1.29, 1.82) is 5.26 Å². The smallest absolute Gasteiger partial charge is 0.253 e. The van der Waals surface area contributed by atoms with E-state index < -0.39 is 0 Å². The quantitative estimate of drug-likeness (QED) is 0.323. The zero-order valence-corrected chi connectivity index (χ0v) is 23.1. The molecule has 0 spiro atoms. The highest BCUT2D eigenvalue weighted by atomic mass is 16.5. The summed E-state index contributed by atoms with van der Waals surface area (Å²) in [4.78, 5) is 27.2. The standard InChI is InChI=1S/C29H36N8O2/c1-5-22-18-37(26-16-28(38)35(13-14-39-4)27-19-34(12-9-30)33-29(26)27)23(6-2)17-36(22)20(3)21-7-8-24-25(15-21)32-11-10-31-24/h7-8,10-11,15-16,19-20,22-23H,5-6,12-14,17-18H2,1-4H3/t20?,22-,23+/m1/s1. The number of hydrogen-bond donors (Lipinski definition) is 0. The van der Waals surface area contributed by atoms with Gasteiger partial charge < -0.3 is 14.2 Å². The van der Waals surface area contributed by atoms with Crippen LogP contribution in [0.5, 0.6) is 0 Å². The molecule has 0 amide bonds. The minimum absolute atomic E-state index is 0.0815. The molecule has 0 saturated carbocycles. The largest absolute Gasteiger partial charge is 0.383 e. The molecule has 5 rings (SSSR count). The van der Waals surface area contributed by atoms with Crippen LogP contribution in [0, 0.1) is 11.3 Å². The van der Waals surface area contributed by atoms with Gasteiger partial charge in [0.25, 0.3) is 5.56 Å². The topological polar surface area (TPSA) is 105 Å². The van der Waals surface area contributed by atoms with Crippen LogP contribution in [0.3, 0.4) is 0 Å². The molecule has 1 aromatic carbocycles. The first-order chi connectivity index (χ1) is 19.0. The molecule has 4 heterocycles. The van der Waals surface area contributed by atoms with Gasteiger partial charge in [-0.3, -0.25) is 24.3 Å². The van der Waals surface area contributed by atoms with Crippen molar-refractivity contribution in [2.45, 2.75) is 64.8 Å². The van der Waals surface area contributed by atoms with Crippen molar-refractivity contribution in [3.8, 4) is 6.07 Å². The maximum Gasteiger partial charge on any atom is 0.253 e. The van der Waals surface area contributed by atoms with Gasteiger partial charge in [-0.1, -0.05) is 19.9 Å². The van der Waals surface area contributed by atoms with Crippen molar-refractivity contribution in [1.82, 2.24) is 29.2 Å². The van der Waals surface area contributed by atoms with Gasteiger partial charge in [0.05, 0.1) is 41.1 Å². The average Bonchev–Trinajstić information content (AvgIpc) is 3.38. The Kier molecular flexibility index (Phi) is 7.91. The van der Waals surface area contributed by atoms with Gasteiger partial charge in [-0.05, 0) is 37.5 Å². The number of ether oxygens (including phenoxy) is 1. The minimum Gasteiger partial charge on any atom is -0.383 e. The molecule has 1 fully saturated rings. The molecule has 1 saturated heterocycles. The number of pyridine rings is 1. The predicted molar refractivity (Wildman–Crippen MR) is 152 cm³/mol. The molecule has 1 aliphatic rings. The molecule has 39 heavy (non-hydrogen) atoms. The Morgan fingerprint density at radius 1 is 1.10 bits per heavy atom. The van der Waals surface area contributed by atoms with E-state index in [0.717, 1.165) is 53.7 Å². The highest BCUT2D eigenvalue weighted by molar-refractivity contribution is 5.88. The summed E-state index contributed by atoms with van der Waals surface area (Å²) >= 11 is 0. The second-order valence-electron chi connectivity index (χ2n) is 10.2. The zero-order valence-electron chi connectivity index (χ0n) is 23.1. The molecule has 10 nitrogen and oxygen atoms in total. The second-order valence-corrected chi connectivity index (χ2v) is 10.2. The molecule has 4 aromatic rings. The van der Waals surface area contributed by atoms with Crippen LogP contribution in [0.15, 0.2) is 47.7 Å². The Labute approximate surface area is 228 Å². The number of nitriles is 1. The first-order valence-corrected chi connectivity index (χ1v) is 13.7. The van der Waals surface area contributed by atoms with Gasteiger partial charge in [0, 0.05) is 63.3 Å². The van der Waals surface area contributed by atoms with E-state index in [1.165, 1.54) is 5.56 Å². The monoisotopic (exact) mass is 528 g/mol. The summed E-state index contributed by atoms with van der Waals surface area (Å²) < 4.78 is 8.56. The zero-order chi connectivity index (χ0) is 27.5. The van der Waals surface area contributed by atoms with Gasteiger partial charge in [0.2, 0.25) is 0 Å². The number of nitrogens with zero attached hydrogens (tertiary/aromatic N) is 8. The van der Waals surface area contributed by atoms with E-state index in [4.69, 9.17) is 9.84 Å². The molecule has 0 aliphatic carbocycles. The average molecular weight is 529 g/mol. The number of aromatic nitrogens is 5. The predicted octanol–water partition coefficient (Wildman–Crippen LogP) is 3.75. The van der Waals surface area contributed by atoms with Crippen molar-refractivity contribution < 1.29 is 4.74 Å². The highest BCUT2D eigenvalue weighted by Gasteiger charge is 2.36. The number of anilines is 1. The Morgan fingerprint density at radius 2 is 1.87 bits per heavy atom. The van der Waals surface area contributed by atoms with Crippen molar-refractivity contribution in [2.24, 2.45) is 0 Å². The molecule has 3 atom stereocenters.